The van der Waals surface area contributed by atoms with E-state index in [4.69, 9.17) is 10.5 Å². The fraction of sp³-hybridized carbons (Fsp3) is 0.200. The van der Waals surface area contributed by atoms with Gasteiger partial charge in [0.15, 0.2) is 11.6 Å². The van der Waals surface area contributed by atoms with E-state index < -0.39 is 11.6 Å². The lowest BCUT2D eigenvalue weighted by Gasteiger charge is -2.10. The zero-order valence-electron chi connectivity index (χ0n) is 10.6. The van der Waals surface area contributed by atoms with Gasteiger partial charge >= 0.3 is 0 Å². The minimum Gasteiger partial charge on any atom is -0.454 e. The minimum absolute atomic E-state index is 0.0288. The van der Waals surface area contributed by atoms with Gasteiger partial charge in [0.2, 0.25) is 5.82 Å². The first-order valence-corrected chi connectivity index (χ1v) is 6.02. The number of halogens is 2. The van der Waals surface area contributed by atoms with Crippen LogP contribution in [-0.2, 0) is 6.42 Å². The molecule has 2 aromatic rings. The highest BCUT2D eigenvalue weighted by molar-refractivity contribution is 5.35. The monoisotopic (exact) mass is 263 g/mol. The van der Waals surface area contributed by atoms with E-state index >= 15 is 0 Å². The Morgan fingerprint density at radius 1 is 1.16 bits per heavy atom. The zero-order chi connectivity index (χ0) is 13.8. The lowest BCUT2D eigenvalue weighted by Crippen LogP contribution is -2.17. The van der Waals surface area contributed by atoms with Crippen molar-refractivity contribution in [2.45, 2.75) is 19.4 Å². The molecule has 100 valence electrons. The Balaban J connectivity index is 2.21. The van der Waals surface area contributed by atoms with E-state index in [1.165, 1.54) is 12.1 Å². The van der Waals surface area contributed by atoms with Gasteiger partial charge in [0.1, 0.15) is 5.75 Å². The maximum atomic E-state index is 13.5. The van der Waals surface area contributed by atoms with E-state index in [2.05, 4.69) is 0 Å². The minimum atomic E-state index is -0.986. The second-order valence-corrected chi connectivity index (χ2v) is 4.48. The van der Waals surface area contributed by atoms with Crippen molar-refractivity contribution in [3.05, 3.63) is 59.7 Å². The van der Waals surface area contributed by atoms with Crippen LogP contribution in [0.5, 0.6) is 11.5 Å². The molecule has 0 aromatic heterocycles. The van der Waals surface area contributed by atoms with E-state index in [1.807, 2.05) is 13.0 Å². The maximum absolute atomic E-state index is 13.5. The summed E-state index contributed by atoms with van der Waals surface area (Å²) in [5, 5.41) is 0. The highest BCUT2D eigenvalue weighted by Crippen LogP contribution is 2.26. The van der Waals surface area contributed by atoms with Crippen molar-refractivity contribution in [2.24, 2.45) is 5.73 Å². The molecule has 0 bridgehead atoms. The van der Waals surface area contributed by atoms with E-state index in [-0.39, 0.29) is 11.8 Å². The Labute approximate surface area is 110 Å². The van der Waals surface area contributed by atoms with Gasteiger partial charge in [0.25, 0.3) is 0 Å². The molecule has 0 aliphatic carbocycles. The third-order valence-corrected chi connectivity index (χ3v) is 2.60. The van der Waals surface area contributed by atoms with Gasteiger partial charge in [-0.25, -0.2) is 4.39 Å². The molecule has 2 rings (SSSR count). The summed E-state index contributed by atoms with van der Waals surface area (Å²) in [6.07, 6.45) is 0.697. The number of nitrogens with two attached hydrogens (primary N) is 1. The van der Waals surface area contributed by atoms with Gasteiger partial charge in [-0.15, -0.1) is 0 Å². The first-order chi connectivity index (χ1) is 9.06. The highest BCUT2D eigenvalue weighted by atomic mass is 19.2. The van der Waals surface area contributed by atoms with Crippen LogP contribution in [-0.4, -0.2) is 6.04 Å². The molecule has 4 heteroatoms. The fourth-order valence-corrected chi connectivity index (χ4v) is 1.80. The van der Waals surface area contributed by atoms with Gasteiger partial charge in [-0.05, 0) is 43.2 Å². The molecule has 0 radical (unpaired) electrons. The van der Waals surface area contributed by atoms with Crippen molar-refractivity contribution >= 4 is 0 Å². The molecule has 2 aromatic carbocycles. The van der Waals surface area contributed by atoms with Crippen molar-refractivity contribution in [2.75, 3.05) is 0 Å². The van der Waals surface area contributed by atoms with Crippen LogP contribution in [0.25, 0.3) is 0 Å². The molecule has 19 heavy (non-hydrogen) atoms. The SMILES string of the molecule is CC(N)Cc1cccc(Oc2cccc(F)c2F)c1. The summed E-state index contributed by atoms with van der Waals surface area (Å²) < 4.78 is 31.9. The molecular weight excluding hydrogens is 248 g/mol. The Kier molecular flexibility index (Phi) is 4.12. The number of rotatable bonds is 4. The molecule has 2 nitrogen and oxygen atoms in total. The van der Waals surface area contributed by atoms with Crippen LogP contribution in [0.2, 0.25) is 0 Å². The van der Waals surface area contributed by atoms with Crippen LogP contribution in [0.15, 0.2) is 42.5 Å². The summed E-state index contributed by atoms with van der Waals surface area (Å²) in [5.41, 5.74) is 6.71. The average molecular weight is 263 g/mol. The highest BCUT2D eigenvalue weighted by Gasteiger charge is 2.10. The lowest BCUT2D eigenvalue weighted by atomic mass is 10.1. The number of ether oxygens (including phenoxy) is 1. The van der Waals surface area contributed by atoms with Crippen molar-refractivity contribution < 1.29 is 13.5 Å². The van der Waals surface area contributed by atoms with E-state index in [9.17, 15) is 8.78 Å². The van der Waals surface area contributed by atoms with E-state index in [1.54, 1.807) is 18.2 Å². The van der Waals surface area contributed by atoms with Crippen molar-refractivity contribution in [3.8, 4) is 11.5 Å². The number of hydrogen-bond acceptors (Lipinski definition) is 2. The molecule has 0 amide bonds. The molecule has 0 fully saturated rings. The van der Waals surface area contributed by atoms with Crippen LogP contribution in [0.3, 0.4) is 0 Å². The van der Waals surface area contributed by atoms with Gasteiger partial charge in [-0.1, -0.05) is 18.2 Å². The molecule has 0 saturated heterocycles. The van der Waals surface area contributed by atoms with Crippen LogP contribution in [0.1, 0.15) is 12.5 Å². The maximum Gasteiger partial charge on any atom is 0.201 e. The Bertz CT molecular complexity index is 570. The predicted molar refractivity (Wildman–Crippen MR) is 70.2 cm³/mol. The van der Waals surface area contributed by atoms with Crippen LogP contribution in [0.4, 0.5) is 8.78 Å². The quantitative estimate of drug-likeness (QED) is 0.913. The summed E-state index contributed by atoms with van der Waals surface area (Å²) in [7, 11) is 0. The van der Waals surface area contributed by atoms with Gasteiger partial charge in [0.05, 0.1) is 0 Å². The largest absolute Gasteiger partial charge is 0.454 e. The topological polar surface area (TPSA) is 35.2 Å². The van der Waals surface area contributed by atoms with Gasteiger partial charge in [0, 0.05) is 6.04 Å². The van der Waals surface area contributed by atoms with Crippen molar-refractivity contribution in [1.82, 2.24) is 0 Å². The average Bonchev–Trinajstić information content (AvgIpc) is 2.35. The third-order valence-electron chi connectivity index (χ3n) is 2.60. The molecule has 0 aliphatic heterocycles. The lowest BCUT2D eigenvalue weighted by molar-refractivity contribution is 0.415. The number of hydrogen-bond donors (Lipinski definition) is 1. The third kappa shape index (κ3) is 3.51. The number of benzene rings is 2. The van der Waals surface area contributed by atoms with Crippen LogP contribution < -0.4 is 10.5 Å². The molecule has 0 aliphatic rings. The second-order valence-electron chi connectivity index (χ2n) is 4.48. The molecule has 1 atom stereocenters. The zero-order valence-corrected chi connectivity index (χ0v) is 10.6. The van der Waals surface area contributed by atoms with E-state index in [0.29, 0.717) is 12.2 Å². The van der Waals surface area contributed by atoms with Crippen molar-refractivity contribution in [3.63, 3.8) is 0 Å². The summed E-state index contributed by atoms with van der Waals surface area (Å²) in [6, 6.07) is 11.0. The van der Waals surface area contributed by atoms with Crippen LogP contribution >= 0.6 is 0 Å². The van der Waals surface area contributed by atoms with Gasteiger partial charge in [-0.3, -0.25) is 0 Å². The molecule has 0 spiro atoms. The molecule has 0 heterocycles. The standard InChI is InChI=1S/C15H15F2NO/c1-10(18)8-11-4-2-5-12(9-11)19-14-7-3-6-13(16)15(14)17/h2-7,9-10H,8,18H2,1H3. The summed E-state index contributed by atoms with van der Waals surface area (Å²) >= 11 is 0. The second kappa shape index (κ2) is 5.80. The fourth-order valence-electron chi connectivity index (χ4n) is 1.80. The normalized spacial score (nSPS) is 12.2. The molecule has 2 N–H and O–H groups in total. The summed E-state index contributed by atoms with van der Waals surface area (Å²) in [5.74, 6) is -1.58. The Morgan fingerprint density at radius 2 is 1.89 bits per heavy atom. The predicted octanol–water partition coefficient (Wildman–Crippen LogP) is 3.65. The summed E-state index contributed by atoms with van der Waals surface area (Å²) in [6.45, 7) is 1.90. The summed E-state index contributed by atoms with van der Waals surface area (Å²) in [4.78, 5) is 0. The molecule has 1 unspecified atom stereocenters. The molecule has 0 saturated carbocycles. The first-order valence-electron chi connectivity index (χ1n) is 6.02. The van der Waals surface area contributed by atoms with Crippen LogP contribution in [0, 0.1) is 11.6 Å². The molecular formula is C15H15F2NO. The first kappa shape index (κ1) is 13.5. The van der Waals surface area contributed by atoms with Crippen molar-refractivity contribution in [1.29, 1.82) is 0 Å². The van der Waals surface area contributed by atoms with E-state index in [0.717, 1.165) is 11.6 Å². The van der Waals surface area contributed by atoms with Gasteiger partial charge in [-0.2, -0.15) is 4.39 Å². The smallest absolute Gasteiger partial charge is 0.201 e. The Hall–Kier alpha value is -1.94. The van der Waals surface area contributed by atoms with Gasteiger partial charge < -0.3 is 10.5 Å². The Morgan fingerprint density at radius 3 is 2.63 bits per heavy atom.